The van der Waals surface area contributed by atoms with Crippen molar-refractivity contribution in [3.8, 4) is 0 Å². The van der Waals surface area contributed by atoms with Crippen LogP contribution in [0.25, 0.3) is 0 Å². The molecular weight excluding hydrogens is 164 g/mol. The van der Waals surface area contributed by atoms with Gasteiger partial charge in [-0.05, 0) is 30.9 Å². The third kappa shape index (κ3) is 0.907. The average Bonchev–Trinajstić information content (AvgIpc) is 2.83. The van der Waals surface area contributed by atoms with Crippen LogP contribution >= 0.6 is 0 Å². The van der Waals surface area contributed by atoms with Crippen LogP contribution in [0.15, 0.2) is 12.3 Å². The first-order valence-corrected chi connectivity index (χ1v) is 4.67. The van der Waals surface area contributed by atoms with Gasteiger partial charge in [-0.15, -0.1) is 0 Å². The minimum Gasteiger partial charge on any atom is -0.373 e. The number of hydrogen-bond acceptors (Lipinski definition) is 3. The Kier molecular flexibility index (Phi) is 1.26. The van der Waals surface area contributed by atoms with E-state index in [9.17, 15) is 5.11 Å². The topological polar surface area (TPSA) is 45.2 Å². The zero-order valence-electron chi connectivity index (χ0n) is 7.49. The third-order valence-electron chi connectivity index (χ3n) is 3.11. The molecule has 1 aliphatic carbocycles. The molecule has 2 heterocycles. The van der Waals surface area contributed by atoms with Crippen LogP contribution in [0, 0.1) is 12.8 Å². The fourth-order valence-electron chi connectivity index (χ4n) is 2.30. The zero-order chi connectivity index (χ0) is 9.00. The van der Waals surface area contributed by atoms with Gasteiger partial charge in [0.15, 0.2) is 0 Å². The van der Waals surface area contributed by atoms with Gasteiger partial charge in [-0.2, -0.15) is 0 Å². The SMILES string of the molecule is Cc1ccnc2c1C1CC1C(O)N2. The summed E-state index contributed by atoms with van der Waals surface area (Å²) in [4.78, 5) is 4.24. The quantitative estimate of drug-likeness (QED) is 0.625. The summed E-state index contributed by atoms with van der Waals surface area (Å²) in [5.41, 5.74) is 2.61. The van der Waals surface area contributed by atoms with E-state index in [0.717, 1.165) is 12.2 Å². The second kappa shape index (κ2) is 2.23. The summed E-state index contributed by atoms with van der Waals surface area (Å²) in [5, 5.41) is 12.6. The van der Waals surface area contributed by atoms with Gasteiger partial charge < -0.3 is 10.4 Å². The molecule has 0 saturated heterocycles. The summed E-state index contributed by atoms with van der Waals surface area (Å²) in [6, 6.07) is 2.04. The van der Waals surface area contributed by atoms with E-state index in [0.29, 0.717) is 11.8 Å². The number of rotatable bonds is 0. The smallest absolute Gasteiger partial charge is 0.131 e. The van der Waals surface area contributed by atoms with Crippen molar-refractivity contribution in [3.05, 3.63) is 23.4 Å². The molecule has 3 unspecified atom stereocenters. The Balaban J connectivity index is 2.15. The first kappa shape index (κ1) is 7.33. The van der Waals surface area contributed by atoms with Gasteiger partial charge in [-0.3, -0.25) is 0 Å². The maximum absolute atomic E-state index is 9.61. The van der Waals surface area contributed by atoms with Crippen molar-refractivity contribution in [2.45, 2.75) is 25.5 Å². The Morgan fingerprint density at radius 2 is 2.46 bits per heavy atom. The van der Waals surface area contributed by atoms with Crippen LogP contribution in [0.3, 0.4) is 0 Å². The average molecular weight is 176 g/mol. The summed E-state index contributed by atoms with van der Waals surface area (Å²) in [7, 11) is 0. The number of hydrogen-bond donors (Lipinski definition) is 2. The van der Waals surface area contributed by atoms with E-state index in [1.54, 1.807) is 6.20 Å². The van der Waals surface area contributed by atoms with Crippen LogP contribution in [0.4, 0.5) is 5.82 Å². The van der Waals surface area contributed by atoms with Gasteiger partial charge in [0, 0.05) is 17.7 Å². The van der Waals surface area contributed by atoms with Crippen molar-refractivity contribution < 1.29 is 5.11 Å². The number of nitrogens with zero attached hydrogens (tertiary/aromatic N) is 1. The first-order chi connectivity index (χ1) is 6.27. The van der Waals surface area contributed by atoms with E-state index in [-0.39, 0.29) is 6.23 Å². The molecule has 2 aliphatic rings. The lowest BCUT2D eigenvalue weighted by atomic mass is 10.0. The molecule has 0 aromatic carbocycles. The van der Waals surface area contributed by atoms with Crippen molar-refractivity contribution in [1.29, 1.82) is 0 Å². The molecule has 1 aromatic heterocycles. The molecule has 1 aromatic rings. The van der Waals surface area contributed by atoms with Gasteiger partial charge in [-0.1, -0.05) is 0 Å². The van der Waals surface area contributed by atoms with E-state index in [1.165, 1.54) is 11.1 Å². The number of anilines is 1. The maximum Gasteiger partial charge on any atom is 0.131 e. The summed E-state index contributed by atoms with van der Waals surface area (Å²) in [5.74, 6) is 1.86. The molecule has 0 bridgehead atoms. The molecule has 3 nitrogen and oxygen atoms in total. The number of aliphatic hydroxyl groups excluding tert-OH is 1. The standard InChI is InChI=1S/C10H12N2O/c1-5-2-3-11-9-8(5)6-4-7(6)10(13)12-9/h2-3,6-7,10,13H,4H2,1H3,(H,11,12). The summed E-state index contributed by atoms with van der Waals surface area (Å²) in [6.45, 7) is 2.11. The van der Waals surface area contributed by atoms with Crippen molar-refractivity contribution in [2.24, 2.45) is 5.92 Å². The largest absolute Gasteiger partial charge is 0.373 e. The molecule has 2 N–H and O–H groups in total. The summed E-state index contributed by atoms with van der Waals surface area (Å²) in [6.07, 6.45) is 2.51. The Morgan fingerprint density at radius 1 is 1.62 bits per heavy atom. The molecule has 1 aliphatic heterocycles. The molecule has 3 rings (SSSR count). The van der Waals surface area contributed by atoms with Crippen molar-refractivity contribution in [1.82, 2.24) is 4.98 Å². The fraction of sp³-hybridized carbons (Fsp3) is 0.500. The minimum atomic E-state index is -0.383. The van der Waals surface area contributed by atoms with Crippen molar-refractivity contribution in [3.63, 3.8) is 0 Å². The highest BCUT2D eigenvalue weighted by Gasteiger charge is 2.48. The highest BCUT2D eigenvalue weighted by atomic mass is 16.3. The van der Waals surface area contributed by atoms with E-state index in [2.05, 4.69) is 17.2 Å². The van der Waals surface area contributed by atoms with E-state index in [4.69, 9.17) is 0 Å². The van der Waals surface area contributed by atoms with Crippen LogP contribution in [-0.2, 0) is 0 Å². The predicted octanol–water partition coefficient (Wildman–Crippen LogP) is 1.24. The number of aryl methyl sites for hydroxylation is 1. The highest BCUT2D eigenvalue weighted by Crippen LogP contribution is 2.55. The number of pyridine rings is 1. The summed E-state index contributed by atoms with van der Waals surface area (Å²) >= 11 is 0. The van der Waals surface area contributed by atoms with Gasteiger partial charge >= 0.3 is 0 Å². The van der Waals surface area contributed by atoms with E-state index >= 15 is 0 Å². The Morgan fingerprint density at radius 3 is 3.31 bits per heavy atom. The summed E-state index contributed by atoms with van der Waals surface area (Å²) < 4.78 is 0. The van der Waals surface area contributed by atoms with E-state index in [1.807, 2.05) is 6.07 Å². The molecule has 3 heteroatoms. The van der Waals surface area contributed by atoms with Crippen LogP contribution < -0.4 is 5.32 Å². The normalized spacial score (nSPS) is 34.5. The number of fused-ring (bicyclic) bond motifs is 3. The minimum absolute atomic E-state index is 0.383. The molecule has 0 amide bonds. The lowest BCUT2D eigenvalue weighted by Crippen LogP contribution is -2.26. The molecule has 13 heavy (non-hydrogen) atoms. The van der Waals surface area contributed by atoms with Gasteiger partial charge in [0.2, 0.25) is 0 Å². The molecule has 0 radical (unpaired) electrons. The Hall–Kier alpha value is -1.09. The van der Waals surface area contributed by atoms with Gasteiger partial charge in [-0.25, -0.2) is 4.98 Å². The number of aromatic nitrogens is 1. The maximum atomic E-state index is 9.61. The molecule has 1 fully saturated rings. The molecule has 0 spiro atoms. The fourth-order valence-corrected chi connectivity index (χ4v) is 2.30. The van der Waals surface area contributed by atoms with Gasteiger partial charge in [0.05, 0.1) is 0 Å². The van der Waals surface area contributed by atoms with Crippen LogP contribution in [0.1, 0.15) is 23.5 Å². The molecular formula is C10H12N2O. The van der Waals surface area contributed by atoms with Crippen LogP contribution in [0.2, 0.25) is 0 Å². The zero-order valence-corrected chi connectivity index (χ0v) is 7.49. The van der Waals surface area contributed by atoms with Crippen LogP contribution in [-0.4, -0.2) is 16.3 Å². The van der Waals surface area contributed by atoms with Crippen LogP contribution in [0.5, 0.6) is 0 Å². The second-order valence-electron chi connectivity index (χ2n) is 3.99. The van der Waals surface area contributed by atoms with Crippen molar-refractivity contribution >= 4 is 5.82 Å². The van der Waals surface area contributed by atoms with E-state index < -0.39 is 0 Å². The first-order valence-electron chi connectivity index (χ1n) is 4.67. The number of aliphatic hydroxyl groups is 1. The van der Waals surface area contributed by atoms with Gasteiger partial charge in [0.25, 0.3) is 0 Å². The Bertz CT molecular complexity index is 364. The lowest BCUT2D eigenvalue weighted by molar-refractivity contribution is 0.173. The third-order valence-corrected chi connectivity index (χ3v) is 3.11. The van der Waals surface area contributed by atoms with Crippen molar-refractivity contribution in [2.75, 3.05) is 5.32 Å². The number of nitrogens with one attached hydrogen (secondary N) is 1. The molecule has 3 atom stereocenters. The molecule has 1 saturated carbocycles. The van der Waals surface area contributed by atoms with Gasteiger partial charge in [0.1, 0.15) is 12.0 Å². The monoisotopic (exact) mass is 176 g/mol. The predicted molar refractivity (Wildman–Crippen MR) is 49.5 cm³/mol. The molecule has 68 valence electrons. The Labute approximate surface area is 76.8 Å². The highest BCUT2D eigenvalue weighted by molar-refractivity contribution is 5.56. The lowest BCUT2D eigenvalue weighted by Gasteiger charge is -2.22. The second-order valence-corrected chi connectivity index (χ2v) is 3.99.